The van der Waals surface area contributed by atoms with Crippen molar-refractivity contribution in [3.8, 4) is 11.5 Å². The summed E-state index contributed by atoms with van der Waals surface area (Å²) in [6.45, 7) is 3.59. The number of ether oxygens (including phenoxy) is 3. The predicted octanol–water partition coefficient (Wildman–Crippen LogP) is 2.62. The molecular formula is C22H21NO6. The summed E-state index contributed by atoms with van der Waals surface area (Å²) in [5.74, 6) is -0.201. The lowest BCUT2D eigenvalue weighted by atomic mass is 10.0. The standard InChI is InChI=1S/C22H21NO6/c1-22(2)12-14-6-5-9-17(19(14)29-22)28-13-18(24)27-11-10-23-20(25)15-7-3-4-8-16(15)21(23)26/h3-9H,10-13H2,1-2H3. The van der Waals surface area contributed by atoms with Crippen LogP contribution in [0.1, 0.15) is 40.1 Å². The number of para-hydroxylation sites is 1. The van der Waals surface area contributed by atoms with Gasteiger partial charge in [-0.1, -0.05) is 24.3 Å². The summed E-state index contributed by atoms with van der Waals surface area (Å²) in [4.78, 5) is 37.7. The van der Waals surface area contributed by atoms with E-state index in [4.69, 9.17) is 14.2 Å². The molecule has 29 heavy (non-hydrogen) atoms. The Bertz CT molecular complexity index is 962. The number of nitrogens with zero attached hydrogens (tertiary/aromatic N) is 1. The molecule has 2 amide bonds. The third-order valence-electron chi connectivity index (χ3n) is 4.86. The maximum absolute atomic E-state index is 12.3. The SMILES string of the molecule is CC1(C)Cc2cccc(OCC(=O)OCCN3C(=O)c4ccccc4C3=O)c2O1. The van der Waals surface area contributed by atoms with Crippen molar-refractivity contribution in [3.63, 3.8) is 0 Å². The highest BCUT2D eigenvalue weighted by molar-refractivity contribution is 6.21. The molecule has 0 saturated heterocycles. The maximum Gasteiger partial charge on any atom is 0.344 e. The van der Waals surface area contributed by atoms with Gasteiger partial charge >= 0.3 is 5.97 Å². The molecule has 0 radical (unpaired) electrons. The third kappa shape index (κ3) is 3.68. The van der Waals surface area contributed by atoms with Gasteiger partial charge in [-0.05, 0) is 32.0 Å². The van der Waals surface area contributed by atoms with Gasteiger partial charge in [-0.2, -0.15) is 0 Å². The molecule has 2 aliphatic heterocycles. The van der Waals surface area contributed by atoms with Crippen LogP contribution in [0.3, 0.4) is 0 Å². The van der Waals surface area contributed by atoms with Gasteiger partial charge in [0.25, 0.3) is 11.8 Å². The van der Waals surface area contributed by atoms with Gasteiger partial charge < -0.3 is 14.2 Å². The number of rotatable bonds is 6. The number of carbonyl (C=O) groups excluding carboxylic acids is 3. The van der Waals surface area contributed by atoms with E-state index in [0.717, 1.165) is 16.9 Å². The molecule has 0 bridgehead atoms. The molecular weight excluding hydrogens is 374 g/mol. The van der Waals surface area contributed by atoms with Gasteiger partial charge in [-0.3, -0.25) is 14.5 Å². The first-order valence-electron chi connectivity index (χ1n) is 9.40. The van der Waals surface area contributed by atoms with Crippen molar-refractivity contribution >= 4 is 17.8 Å². The van der Waals surface area contributed by atoms with Crippen LogP contribution >= 0.6 is 0 Å². The van der Waals surface area contributed by atoms with Gasteiger partial charge in [0.05, 0.1) is 17.7 Å². The minimum absolute atomic E-state index is 0.00385. The highest BCUT2D eigenvalue weighted by atomic mass is 16.6. The van der Waals surface area contributed by atoms with E-state index in [9.17, 15) is 14.4 Å². The smallest absolute Gasteiger partial charge is 0.344 e. The van der Waals surface area contributed by atoms with Crippen LogP contribution in [0.25, 0.3) is 0 Å². The number of imide groups is 1. The monoisotopic (exact) mass is 395 g/mol. The van der Waals surface area contributed by atoms with Crippen LogP contribution in [0.5, 0.6) is 11.5 Å². The fourth-order valence-electron chi connectivity index (χ4n) is 3.57. The molecule has 0 atom stereocenters. The van der Waals surface area contributed by atoms with E-state index >= 15 is 0 Å². The minimum atomic E-state index is -0.587. The first kappa shape index (κ1) is 19.0. The summed E-state index contributed by atoms with van der Waals surface area (Å²) in [5.41, 5.74) is 1.46. The van der Waals surface area contributed by atoms with Gasteiger partial charge in [0, 0.05) is 12.0 Å². The first-order chi connectivity index (χ1) is 13.9. The molecule has 150 valence electrons. The summed E-state index contributed by atoms with van der Waals surface area (Å²) in [6, 6.07) is 12.2. The van der Waals surface area contributed by atoms with E-state index in [-0.39, 0.29) is 37.2 Å². The number of hydrogen-bond donors (Lipinski definition) is 0. The number of carbonyl (C=O) groups is 3. The molecule has 0 aromatic heterocycles. The van der Waals surface area contributed by atoms with E-state index in [0.29, 0.717) is 22.6 Å². The molecule has 0 unspecified atom stereocenters. The molecule has 2 aliphatic rings. The lowest BCUT2D eigenvalue weighted by Crippen LogP contribution is -2.34. The Labute approximate surface area is 168 Å². The van der Waals surface area contributed by atoms with Gasteiger partial charge in [-0.15, -0.1) is 0 Å². The fraction of sp³-hybridized carbons (Fsp3) is 0.318. The Morgan fingerprint density at radius 2 is 1.76 bits per heavy atom. The molecule has 0 spiro atoms. The van der Waals surface area contributed by atoms with E-state index < -0.39 is 5.97 Å². The Kier molecular flexibility index (Phi) is 4.74. The van der Waals surface area contributed by atoms with E-state index in [1.165, 1.54) is 0 Å². The second-order valence-corrected chi connectivity index (χ2v) is 7.60. The van der Waals surface area contributed by atoms with Crippen LogP contribution < -0.4 is 9.47 Å². The summed E-state index contributed by atoms with van der Waals surface area (Å²) in [6.07, 6.45) is 0.768. The van der Waals surface area contributed by atoms with Crippen LogP contribution in [-0.2, 0) is 16.0 Å². The zero-order chi connectivity index (χ0) is 20.6. The molecule has 2 heterocycles. The van der Waals surface area contributed by atoms with E-state index in [1.54, 1.807) is 30.3 Å². The largest absolute Gasteiger partial charge is 0.483 e. The molecule has 0 N–H and O–H groups in total. The highest BCUT2D eigenvalue weighted by Crippen LogP contribution is 2.41. The Balaban J connectivity index is 1.28. The van der Waals surface area contributed by atoms with E-state index in [2.05, 4.69) is 0 Å². The van der Waals surface area contributed by atoms with Crippen molar-refractivity contribution in [2.75, 3.05) is 19.8 Å². The molecule has 0 fully saturated rings. The molecule has 2 aromatic rings. The van der Waals surface area contributed by atoms with E-state index in [1.807, 2.05) is 26.0 Å². The van der Waals surface area contributed by atoms with Crippen LogP contribution in [-0.4, -0.2) is 48.0 Å². The van der Waals surface area contributed by atoms with Crippen LogP contribution in [0.15, 0.2) is 42.5 Å². The quantitative estimate of drug-likeness (QED) is 0.552. The van der Waals surface area contributed by atoms with Crippen molar-refractivity contribution in [1.82, 2.24) is 4.90 Å². The highest BCUT2D eigenvalue weighted by Gasteiger charge is 2.35. The van der Waals surface area contributed by atoms with Gasteiger partial charge in [0.1, 0.15) is 12.2 Å². The second kappa shape index (κ2) is 7.24. The van der Waals surface area contributed by atoms with Crippen LogP contribution in [0.4, 0.5) is 0 Å². The Morgan fingerprint density at radius 3 is 2.45 bits per heavy atom. The number of hydrogen-bond acceptors (Lipinski definition) is 6. The minimum Gasteiger partial charge on any atom is -0.483 e. The summed E-state index contributed by atoms with van der Waals surface area (Å²) in [5, 5.41) is 0. The van der Waals surface area contributed by atoms with Crippen molar-refractivity contribution in [2.24, 2.45) is 0 Å². The van der Waals surface area contributed by atoms with Crippen molar-refractivity contribution < 1.29 is 28.6 Å². The zero-order valence-corrected chi connectivity index (χ0v) is 16.3. The van der Waals surface area contributed by atoms with Crippen LogP contribution in [0, 0.1) is 0 Å². The normalized spacial score (nSPS) is 16.3. The zero-order valence-electron chi connectivity index (χ0n) is 16.3. The topological polar surface area (TPSA) is 82.1 Å². The van der Waals surface area contributed by atoms with Crippen molar-refractivity contribution in [2.45, 2.75) is 25.9 Å². The van der Waals surface area contributed by atoms with Gasteiger partial charge in [-0.25, -0.2) is 4.79 Å². The number of benzene rings is 2. The average Bonchev–Trinajstić information content (AvgIpc) is 3.14. The summed E-state index contributed by atoms with van der Waals surface area (Å²) >= 11 is 0. The molecule has 0 aliphatic carbocycles. The molecule has 2 aromatic carbocycles. The number of esters is 1. The maximum atomic E-state index is 12.3. The second-order valence-electron chi connectivity index (χ2n) is 7.60. The lowest BCUT2D eigenvalue weighted by Gasteiger charge is -2.18. The molecule has 7 heteroatoms. The molecule has 4 rings (SSSR count). The number of fused-ring (bicyclic) bond motifs is 2. The van der Waals surface area contributed by atoms with Gasteiger partial charge in [0.2, 0.25) is 0 Å². The fourth-order valence-corrected chi connectivity index (χ4v) is 3.57. The molecule has 7 nitrogen and oxygen atoms in total. The first-order valence-corrected chi connectivity index (χ1v) is 9.40. The summed E-state index contributed by atoms with van der Waals surface area (Å²) in [7, 11) is 0. The third-order valence-corrected chi connectivity index (χ3v) is 4.86. The van der Waals surface area contributed by atoms with Crippen molar-refractivity contribution in [3.05, 3.63) is 59.2 Å². The lowest BCUT2D eigenvalue weighted by molar-refractivity contribution is -0.146. The van der Waals surface area contributed by atoms with Crippen LogP contribution in [0.2, 0.25) is 0 Å². The van der Waals surface area contributed by atoms with Crippen molar-refractivity contribution in [1.29, 1.82) is 0 Å². The van der Waals surface area contributed by atoms with Gasteiger partial charge in [0.15, 0.2) is 18.1 Å². The predicted molar refractivity (Wildman–Crippen MR) is 103 cm³/mol. The Hall–Kier alpha value is -3.35. The average molecular weight is 395 g/mol. The summed E-state index contributed by atoms with van der Waals surface area (Å²) < 4.78 is 16.6. The number of amides is 2. The Morgan fingerprint density at radius 1 is 1.07 bits per heavy atom. The molecule has 0 saturated carbocycles.